The highest BCUT2D eigenvalue weighted by Gasteiger charge is 2.12. The number of hydrogen-bond acceptors (Lipinski definition) is 4. The molecular weight excluding hydrogens is 256 g/mol. The molecule has 102 valence electrons. The fourth-order valence-corrected chi connectivity index (χ4v) is 2.93. The first-order valence-corrected chi connectivity index (χ1v) is 7.31. The average Bonchev–Trinajstić information content (AvgIpc) is 2.80. The van der Waals surface area contributed by atoms with Crippen LogP contribution in [0.15, 0.2) is 29.7 Å². The summed E-state index contributed by atoms with van der Waals surface area (Å²) in [4.78, 5) is 4.23. The topological polar surface area (TPSA) is 42.7 Å². The maximum atomic E-state index is 4.23. The number of nitrogens with one attached hydrogen (secondary N) is 1. The summed E-state index contributed by atoms with van der Waals surface area (Å²) in [6, 6.07) is 6.96. The predicted octanol–water partition coefficient (Wildman–Crippen LogP) is 2.48. The van der Waals surface area contributed by atoms with Crippen LogP contribution in [-0.2, 0) is 7.05 Å². The summed E-state index contributed by atoms with van der Waals surface area (Å²) < 4.78 is 1.80. The SMILES string of the molecule is CNC(CSc1ncnn1C)c1ccc(C)c(C)c1. The monoisotopic (exact) mass is 276 g/mol. The van der Waals surface area contributed by atoms with Crippen LogP contribution in [-0.4, -0.2) is 27.6 Å². The fourth-order valence-electron chi connectivity index (χ4n) is 1.90. The number of thioether (sulfide) groups is 1. The maximum Gasteiger partial charge on any atom is 0.185 e. The van der Waals surface area contributed by atoms with E-state index in [4.69, 9.17) is 0 Å². The normalized spacial score (nSPS) is 12.6. The van der Waals surface area contributed by atoms with E-state index in [1.165, 1.54) is 16.7 Å². The molecule has 4 nitrogen and oxygen atoms in total. The summed E-state index contributed by atoms with van der Waals surface area (Å²) >= 11 is 1.72. The summed E-state index contributed by atoms with van der Waals surface area (Å²) in [5.74, 6) is 0.936. The maximum absolute atomic E-state index is 4.23. The highest BCUT2D eigenvalue weighted by molar-refractivity contribution is 7.99. The zero-order chi connectivity index (χ0) is 13.8. The van der Waals surface area contributed by atoms with E-state index in [2.05, 4.69) is 47.4 Å². The van der Waals surface area contributed by atoms with Gasteiger partial charge in [0.1, 0.15) is 6.33 Å². The smallest absolute Gasteiger partial charge is 0.185 e. The Morgan fingerprint density at radius 1 is 1.32 bits per heavy atom. The zero-order valence-corrected chi connectivity index (χ0v) is 12.7. The van der Waals surface area contributed by atoms with Crippen LogP contribution in [0.4, 0.5) is 0 Å². The Morgan fingerprint density at radius 3 is 2.68 bits per heavy atom. The summed E-state index contributed by atoms with van der Waals surface area (Å²) in [7, 11) is 3.91. The van der Waals surface area contributed by atoms with Crippen molar-refractivity contribution in [2.45, 2.75) is 25.0 Å². The van der Waals surface area contributed by atoms with Crippen molar-refractivity contribution >= 4 is 11.8 Å². The molecular formula is C14H20N4S. The van der Waals surface area contributed by atoms with E-state index in [9.17, 15) is 0 Å². The lowest BCUT2D eigenvalue weighted by atomic mass is 10.0. The van der Waals surface area contributed by atoms with Crippen molar-refractivity contribution in [3.8, 4) is 0 Å². The molecule has 0 aliphatic carbocycles. The molecule has 1 aromatic heterocycles. The molecule has 0 spiro atoms. The largest absolute Gasteiger partial charge is 0.312 e. The molecule has 0 fully saturated rings. The minimum Gasteiger partial charge on any atom is -0.312 e. The second-order valence-electron chi connectivity index (χ2n) is 4.66. The van der Waals surface area contributed by atoms with Crippen molar-refractivity contribution in [2.24, 2.45) is 7.05 Å². The molecule has 0 bridgehead atoms. The third-order valence-electron chi connectivity index (χ3n) is 3.33. The van der Waals surface area contributed by atoms with Gasteiger partial charge in [-0.3, -0.25) is 0 Å². The number of benzene rings is 1. The molecule has 19 heavy (non-hydrogen) atoms. The summed E-state index contributed by atoms with van der Waals surface area (Å²) in [6.45, 7) is 4.29. The van der Waals surface area contributed by atoms with Crippen LogP contribution < -0.4 is 5.32 Å². The average molecular weight is 276 g/mol. The van der Waals surface area contributed by atoms with Gasteiger partial charge in [0.25, 0.3) is 0 Å². The fraction of sp³-hybridized carbons (Fsp3) is 0.429. The van der Waals surface area contributed by atoms with E-state index in [-0.39, 0.29) is 0 Å². The van der Waals surface area contributed by atoms with Crippen LogP contribution >= 0.6 is 11.8 Å². The van der Waals surface area contributed by atoms with Crippen molar-refractivity contribution in [1.29, 1.82) is 0 Å². The molecule has 1 aromatic carbocycles. The van der Waals surface area contributed by atoms with E-state index in [0.29, 0.717) is 6.04 Å². The van der Waals surface area contributed by atoms with Crippen LogP contribution in [0.25, 0.3) is 0 Å². The lowest BCUT2D eigenvalue weighted by Crippen LogP contribution is -2.19. The molecule has 1 heterocycles. The molecule has 0 aliphatic heterocycles. The molecule has 0 saturated heterocycles. The number of rotatable bonds is 5. The number of nitrogens with zero attached hydrogens (tertiary/aromatic N) is 3. The highest BCUT2D eigenvalue weighted by Crippen LogP contribution is 2.24. The van der Waals surface area contributed by atoms with Crippen molar-refractivity contribution in [1.82, 2.24) is 20.1 Å². The molecule has 2 rings (SSSR count). The lowest BCUT2D eigenvalue weighted by Gasteiger charge is -2.17. The predicted molar refractivity (Wildman–Crippen MR) is 79.4 cm³/mol. The minimum absolute atomic E-state index is 0.320. The molecule has 1 unspecified atom stereocenters. The molecule has 1 atom stereocenters. The molecule has 0 aliphatic rings. The zero-order valence-electron chi connectivity index (χ0n) is 11.8. The van der Waals surface area contributed by atoms with Gasteiger partial charge in [-0.2, -0.15) is 5.10 Å². The van der Waals surface area contributed by atoms with Gasteiger partial charge in [-0.15, -0.1) is 0 Å². The molecule has 0 radical (unpaired) electrons. The third kappa shape index (κ3) is 3.36. The van der Waals surface area contributed by atoms with Gasteiger partial charge in [0.15, 0.2) is 5.16 Å². The van der Waals surface area contributed by atoms with Crippen LogP contribution in [0, 0.1) is 13.8 Å². The van der Waals surface area contributed by atoms with Gasteiger partial charge in [-0.25, -0.2) is 9.67 Å². The van der Waals surface area contributed by atoms with Crippen LogP contribution in [0.2, 0.25) is 0 Å². The van der Waals surface area contributed by atoms with E-state index >= 15 is 0 Å². The second kappa shape index (κ2) is 6.21. The summed E-state index contributed by atoms with van der Waals surface area (Å²) in [5, 5.41) is 8.40. The second-order valence-corrected chi connectivity index (χ2v) is 5.65. The standard InChI is InChI=1S/C14H20N4S/c1-10-5-6-12(7-11(10)2)13(15-3)8-19-14-16-9-17-18(14)4/h5-7,9,13,15H,8H2,1-4H3. The van der Waals surface area contributed by atoms with Crippen LogP contribution in [0.3, 0.4) is 0 Å². The number of aryl methyl sites for hydroxylation is 3. The summed E-state index contributed by atoms with van der Waals surface area (Å²) in [6.07, 6.45) is 1.59. The van der Waals surface area contributed by atoms with Gasteiger partial charge in [-0.05, 0) is 37.6 Å². The number of aromatic nitrogens is 3. The Bertz CT molecular complexity index is 550. The Kier molecular flexibility index (Phi) is 4.61. The Balaban J connectivity index is 2.07. The lowest BCUT2D eigenvalue weighted by molar-refractivity contribution is 0.652. The Hall–Kier alpha value is -1.33. The van der Waals surface area contributed by atoms with E-state index < -0.39 is 0 Å². The van der Waals surface area contributed by atoms with E-state index in [0.717, 1.165) is 10.9 Å². The molecule has 0 amide bonds. The van der Waals surface area contributed by atoms with Gasteiger partial charge in [-0.1, -0.05) is 30.0 Å². The van der Waals surface area contributed by atoms with Gasteiger partial charge < -0.3 is 5.32 Å². The number of hydrogen-bond donors (Lipinski definition) is 1. The van der Waals surface area contributed by atoms with Crippen molar-refractivity contribution in [2.75, 3.05) is 12.8 Å². The van der Waals surface area contributed by atoms with Crippen LogP contribution in [0.5, 0.6) is 0 Å². The molecule has 1 N–H and O–H groups in total. The van der Waals surface area contributed by atoms with Gasteiger partial charge >= 0.3 is 0 Å². The van der Waals surface area contributed by atoms with Gasteiger partial charge in [0, 0.05) is 18.8 Å². The third-order valence-corrected chi connectivity index (χ3v) is 4.46. The molecule has 5 heteroatoms. The first-order valence-electron chi connectivity index (χ1n) is 6.33. The quantitative estimate of drug-likeness (QED) is 0.852. The van der Waals surface area contributed by atoms with Gasteiger partial charge in [0.2, 0.25) is 0 Å². The molecule has 2 aromatic rings. The van der Waals surface area contributed by atoms with Crippen molar-refractivity contribution in [3.05, 3.63) is 41.2 Å². The Labute approximate surface area is 118 Å². The van der Waals surface area contributed by atoms with Crippen molar-refractivity contribution < 1.29 is 0 Å². The van der Waals surface area contributed by atoms with E-state index in [1.807, 2.05) is 14.1 Å². The first kappa shape index (κ1) is 14.1. The van der Waals surface area contributed by atoms with E-state index in [1.54, 1.807) is 22.8 Å². The van der Waals surface area contributed by atoms with Crippen LogP contribution in [0.1, 0.15) is 22.7 Å². The summed E-state index contributed by atoms with van der Waals surface area (Å²) in [5.41, 5.74) is 3.99. The first-order chi connectivity index (χ1) is 9.11. The van der Waals surface area contributed by atoms with Crippen molar-refractivity contribution in [3.63, 3.8) is 0 Å². The highest BCUT2D eigenvalue weighted by atomic mass is 32.2. The van der Waals surface area contributed by atoms with Gasteiger partial charge in [0.05, 0.1) is 0 Å². The Morgan fingerprint density at radius 2 is 2.11 bits per heavy atom. The molecule has 0 saturated carbocycles. The minimum atomic E-state index is 0.320.